The lowest BCUT2D eigenvalue weighted by Gasteiger charge is -2.26. The molecule has 1 unspecified atom stereocenters. The van der Waals surface area contributed by atoms with Crippen LogP contribution >= 0.6 is 0 Å². The van der Waals surface area contributed by atoms with Crippen molar-refractivity contribution in [3.63, 3.8) is 0 Å². The van der Waals surface area contributed by atoms with E-state index < -0.39 is 9.84 Å². The third kappa shape index (κ3) is 4.44. The van der Waals surface area contributed by atoms with Crippen molar-refractivity contribution in [2.45, 2.75) is 33.2 Å². The number of sulfone groups is 1. The number of hydrogen-bond acceptors (Lipinski definition) is 6. The standard InChI is InChI=1S/C19H24N4O3S/c1-4-23(15-7-8-27(25,26)11-15)19(24)17-10-18(21-12-20-17)22-16-9-13(2)5-6-14(16)3/h5-6,9-10,12,15H,4,7-8,11H2,1-3H3,(H,20,21,22). The van der Waals surface area contributed by atoms with Gasteiger partial charge in [-0.3, -0.25) is 4.79 Å². The maximum Gasteiger partial charge on any atom is 0.272 e. The summed E-state index contributed by atoms with van der Waals surface area (Å²) in [6, 6.07) is 7.38. The Morgan fingerprint density at radius 2 is 2.04 bits per heavy atom. The molecule has 0 saturated carbocycles. The molecular formula is C19H24N4O3S. The molecule has 1 aromatic heterocycles. The van der Waals surface area contributed by atoms with E-state index in [1.54, 1.807) is 11.0 Å². The molecule has 1 saturated heterocycles. The van der Waals surface area contributed by atoms with Gasteiger partial charge in [0.15, 0.2) is 9.84 Å². The van der Waals surface area contributed by atoms with Gasteiger partial charge in [0.2, 0.25) is 0 Å². The summed E-state index contributed by atoms with van der Waals surface area (Å²) in [4.78, 5) is 22.8. The van der Waals surface area contributed by atoms with Gasteiger partial charge >= 0.3 is 0 Å². The first kappa shape index (κ1) is 19.3. The molecule has 2 aromatic rings. The number of nitrogens with one attached hydrogen (secondary N) is 1. The Hall–Kier alpha value is -2.48. The molecule has 1 amide bonds. The minimum absolute atomic E-state index is 0.0191. The van der Waals surface area contributed by atoms with Gasteiger partial charge in [0.25, 0.3) is 5.91 Å². The number of carbonyl (C=O) groups is 1. The summed E-state index contributed by atoms with van der Waals surface area (Å²) in [6.45, 7) is 6.28. The number of rotatable bonds is 5. The second kappa shape index (κ2) is 7.64. The molecule has 8 heteroatoms. The van der Waals surface area contributed by atoms with E-state index in [1.165, 1.54) is 6.33 Å². The van der Waals surface area contributed by atoms with Crippen molar-refractivity contribution in [2.24, 2.45) is 0 Å². The van der Waals surface area contributed by atoms with Crippen LogP contribution in [0.1, 0.15) is 35.0 Å². The lowest BCUT2D eigenvalue weighted by molar-refractivity contribution is 0.0702. The molecular weight excluding hydrogens is 364 g/mol. The fourth-order valence-corrected chi connectivity index (χ4v) is 5.02. The Morgan fingerprint density at radius 1 is 1.26 bits per heavy atom. The largest absolute Gasteiger partial charge is 0.340 e. The van der Waals surface area contributed by atoms with Crippen LogP contribution in [-0.4, -0.2) is 53.3 Å². The van der Waals surface area contributed by atoms with E-state index >= 15 is 0 Å². The lowest BCUT2D eigenvalue weighted by atomic mass is 10.1. The summed E-state index contributed by atoms with van der Waals surface area (Å²) in [5.74, 6) is 0.402. The zero-order valence-electron chi connectivity index (χ0n) is 15.8. The van der Waals surface area contributed by atoms with Crippen LogP contribution in [0, 0.1) is 13.8 Å². The van der Waals surface area contributed by atoms with Gasteiger partial charge in [-0.25, -0.2) is 18.4 Å². The zero-order valence-corrected chi connectivity index (χ0v) is 16.6. The van der Waals surface area contributed by atoms with Gasteiger partial charge in [0.05, 0.1) is 11.5 Å². The molecule has 1 aromatic carbocycles. The van der Waals surface area contributed by atoms with Crippen molar-refractivity contribution in [2.75, 3.05) is 23.4 Å². The molecule has 7 nitrogen and oxygen atoms in total. The molecule has 1 atom stereocenters. The van der Waals surface area contributed by atoms with E-state index in [0.29, 0.717) is 18.8 Å². The summed E-state index contributed by atoms with van der Waals surface area (Å²) in [5, 5.41) is 3.23. The first-order chi connectivity index (χ1) is 12.8. The maximum atomic E-state index is 12.9. The number of aryl methyl sites for hydroxylation is 2. The third-order valence-electron chi connectivity index (χ3n) is 4.79. The predicted molar refractivity (Wildman–Crippen MR) is 105 cm³/mol. The normalized spacial score (nSPS) is 18.3. The molecule has 0 spiro atoms. The molecule has 2 heterocycles. The highest BCUT2D eigenvalue weighted by atomic mass is 32.2. The second-order valence-corrected chi connectivity index (χ2v) is 9.11. The summed E-state index contributed by atoms with van der Waals surface area (Å²) in [6.07, 6.45) is 1.82. The van der Waals surface area contributed by atoms with E-state index in [2.05, 4.69) is 15.3 Å². The van der Waals surface area contributed by atoms with E-state index in [9.17, 15) is 13.2 Å². The van der Waals surface area contributed by atoms with Crippen LogP contribution in [-0.2, 0) is 9.84 Å². The first-order valence-electron chi connectivity index (χ1n) is 8.97. The molecule has 27 heavy (non-hydrogen) atoms. The number of benzene rings is 1. The molecule has 144 valence electrons. The SMILES string of the molecule is CCN(C(=O)c1cc(Nc2cc(C)ccc2C)ncn1)C1CCS(=O)(=O)C1. The molecule has 0 bridgehead atoms. The number of nitrogens with zero attached hydrogens (tertiary/aromatic N) is 3. The average Bonchev–Trinajstić information content (AvgIpc) is 2.98. The summed E-state index contributed by atoms with van der Waals surface area (Å²) >= 11 is 0. The highest BCUT2D eigenvalue weighted by Gasteiger charge is 2.34. The van der Waals surface area contributed by atoms with Gasteiger partial charge in [0, 0.05) is 24.3 Å². The number of hydrogen-bond donors (Lipinski definition) is 1. The van der Waals surface area contributed by atoms with Crippen LogP contribution in [0.3, 0.4) is 0 Å². The fraction of sp³-hybridized carbons (Fsp3) is 0.421. The van der Waals surface area contributed by atoms with Crippen LogP contribution < -0.4 is 5.32 Å². The molecule has 1 aliphatic heterocycles. The summed E-state index contributed by atoms with van der Waals surface area (Å²) < 4.78 is 23.5. The van der Waals surface area contributed by atoms with Gasteiger partial charge in [-0.15, -0.1) is 0 Å². The van der Waals surface area contributed by atoms with Gasteiger partial charge in [-0.1, -0.05) is 12.1 Å². The average molecular weight is 388 g/mol. The van der Waals surface area contributed by atoms with Gasteiger partial charge in [-0.05, 0) is 44.4 Å². The number of amides is 1. The third-order valence-corrected chi connectivity index (χ3v) is 6.54. The van der Waals surface area contributed by atoms with Crippen molar-refractivity contribution in [1.82, 2.24) is 14.9 Å². The molecule has 0 aliphatic carbocycles. The molecule has 1 aliphatic rings. The highest BCUT2D eigenvalue weighted by molar-refractivity contribution is 7.91. The number of anilines is 2. The van der Waals surface area contributed by atoms with E-state index in [1.807, 2.05) is 39.0 Å². The monoisotopic (exact) mass is 388 g/mol. The van der Waals surface area contributed by atoms with Gasteiger partial charge in [-0.2, -0.15) is 0 Å². The van der Waals surface area contributed by atoms with Crippen LogP contribution in [0.4, 0.5) is 11.5 Å². The predicted octanol–water partition coefficient (Wildman–Crippen LogP) is 2.49. The van der Waals surface area contributed by atoms with E-state index in [-0.39, 0.29) is 29.1 Å². The Labute approximate surface area is 159 Å². The summed E-state index contributed by atoms with van der Waals surface area (Å²) in [5.41, 5.74) is 3.36. The van der Waals surface area contributed by atoms with Crippen molar-refractivity contribution >= 4 is 27.2 Å². The minimum Gasteiger partial charge on any atom is -0.340 e. The van der Waals surface area contributed by atoms with E-state index in [0.717, 1.165) is 16.8 Å². The Bertz CT molecular complexity index is 959. The Morgan fingerprint density at radius 3 is 2.70 bits per heavy atom. The van der Waals surface area contributed by atoms with Crippen molar-refractivity contribution in [1.29, 1.82) is 0 Å². The quantitative estimate of drug-likeness (QED) is 0.846. The lowest BCUT2D eigenvalue weighted by Crippen LogP contribution is -2.41. The molecule has 1 N–H and O–H groups in total. The van der Waals surface area contributed by atoms with Gasteiger partial charge in [0.1, 0.15) is 17.8 Å². The van der Waals surface area contributed by atoms with Crippen molar-refractivity contribution in [3.05, 3.63) is 47.4 Å². The van der Waals surface area contributed by atoms with Crippen molar-refractivity contribution in [3.8, 4) is 0 Å². The first-order valence-corrected chi connectivity index (χ1v) is 10.8. The highest BCUT2D eigenvalue weighted by Crippen LogP contribution is 2.22. The molecule has 1 fully saturated rings. The number of aromatic nitrogens is 2. The Balaban J connectivity index is 1.81. The number of carbonyl (C=O) groups excluding carboxylic acids is 1. The summed E-state index contributed by atoms with van der Waals surface area (Å²) in [7, 11) is -3.06. The van der Waals surface area contributed by atoms with Crippen LogP contribution in [0.15, 0.2) is 30.6 Å². The van der Waals surface area contributed by atoms with Crippen LogP contribution in [0.2, 0.25) is 0 Å². The van der Waals surface area contributed by atoms with Crippen molar-refractivity contribution < 1.29 is 13.2 Å². The molecule has 3 rings (SSSR count). The molecule has 0 radical (unpaired) electrons. The maximum absolute atomic E-state index is 12.9. The zero-order chi connectivity index (χ0) is 19.6. The minimum atomic E-state index is -3.06. The van der Waals surface area contributed by atoms with Crippen LogP contribution in [0.5, 0.6) is 0 Å². The smallest absolute Gasteiger partial charge is 0.272 e. The second-order valence-electron chi connectivity index (χ2n) is 6.88. The Kier molecular flexibility index (Phi) is 5.46. The van der Waals surface area contributed by atoms with Gasteiger partial charge < -0.3 is 10.2 Å². The van der Waals surface area contributed by atoms with E-state index in [4.69, 9.17) is 0 Å². The topological polar surface area (TPSA) is 92.3 Å². The fourth-order valence-electron chi connectivity index (χ4n) is 3.29. The van der Waals surface area contributed by atoms with Crippen LogP contribution in [0.25, 0.3) is 0 Å².